The second-order valence-corrected chi connectivity index (χ2v) is 6.00. The van der Waals surface area contributed by atoms with Gasteiger partial charge in [0, 0.05) is 5.92 Å². The van der Waals surface area contributed by atoms with E-state index in [1.54, 1.807) is 0 Å². The minimum atomic E-state index is 0.0887. The fourth-order valence-corrected chi connectivity index (χ4v) is 2.58. The molecule has 4 heteroatoms. The molecule has 18 heavy (non-hydrogen) atoms. The first-order valence-electron chi connectivity index (χ1n) is 6.64. The van der Waals surface area contributed by atoms with Gasteiger partial charge in [-0.3, -0.25) is 0 Å². The monoisotopic (exact) mass is 254 g/mol. The van der Waals surface area contributed by atoms with Gasteiger partial charge < -0.3 is 18.7 Å². The minimum absolute atomic E-state index is 0.0887. The number of terminal acetylenes is 1. The predicted molar refractivity (Wildman–Crippen MR) is 69.1 cm³/mol. The van der Waals surface area contributed by atoms with Crippen molar-refractivity contribution in [2.75, 3.05) is 47.0 Å². The Morgan fingerprint density at radius 3 is 2.72 bits per heavy atom. The number of nitrogens with zero attached hydrogens (tertiary/aromatic N) is 1. The molecule has 2 aliphatic heterocycles. The lowest BCUT2D eigenvalue weighted by Gasteiger charge is -2.28. The third-order valence-corrected chi connectivity index (χ3v) is 3.80. The van der Waals surface area contributed by atoms with Gasteiger partial charge >= 0.3 is 0 Å². The van der Waals surface area contributed by atoms with Gasteiger partial charge in [0.1, 0.15) is 25.3 Å². The Morgan fingerprint density at radius 2 is 2.00 bits per heavy atom. The SMILES string of the molecule is C#CC[N+](C)(C)CCO[C@H]1CO[C@H]2[C@@H]1OC[C@H]2C. The van der Waals surface area contributed by atoms with E-state index in [2.05, 4.69) is 26.9 Å². The molecule has 2 fully saturated rings. The molecule has 0 aliphatic carbocycles. The van der Waals surface area contributed by atoms with Gasteiger partial charge in [0.15, 0.2) is 0 Å². The van der Waals surface area contributed by atoms with Crippen molar-refractivity contribution in [3.63, 3.8) is 0 Å². The van der Waals surface area contributed by atoms with Gasteiger partial charge in [-0.15, -0.1) is 6.42 Å². The van der Waals surface area contributed by atoms with Crippen LogP contribution in [0, 0.1) is 18.3 Å². The molecule has 4 atom stereocenters. The molecule has 0 unspecified atom stereocenters. The molecule has 0 spiro atoms. The normalized spacial score (nSPS) is 35.4. The number of fused-ring (bicyclic) bond motifs is 1. The molecule has 2 heterocycles. The lowest BCUT2D eigenvalue weighted by molar-refractivity contribution is -0.883. The molecule has 0 aromatic rings. The molecule has 0 bridgehead atoms. The van der Waals surface area contributed by atoms with E-state index in [4.69, 9.17) is 20.6 Å². The molecule has 2 saturated heterocycles. The third kappa shape index (κ3) is 3.04. The Morgan fingerprint density at radius 1 is 1.28 bits per heavy atom. The Balaban J connectivity index is 1.74. The van der Waals surface area contributed by atoms with Gasteiger partial charge in [0.05, 0.1) is 40.0 Å². The van der Waals surface area contributed by atoms with Gasteiger partial charge in [-0.2, -0.15) is 0 Å². The molecule has 0 aromatic heterocycles. The van der Waals surface area contributed by atoms with Crippen LogP contribution in [-0.2, 0) is 14.2 Å². The van der Waals surface area contributed by atoms with Crippen LogP contribution in [0.15, 0.2) is 0 Å². The maximum atomic E-state index is 5.91. The largest absolute Gasteiger partial charge is 0.372 e. The van der Waals surface area contributed by atoms with Crippen LogP contribution in [-0.4, -0.2) is 69.8 Å². The summed E-state index contributed by atoms with van der Waals surface area (Å²) in [5, 5.41) is 0. The molecule has 0 saturated carbocycles. The first kappa shape index (κ1) is 13.8. The molecular formula is C14H24NO3+. The van der Waals surface area contributed by atoms with Crippen LogP contribution in [0.3, 0.4) is 0 Å². The minimum Gasteiger partial charge on any atom is -0.372 e. The van der Waals surface area contributed by atoms with E-state index in [1.807, 2.05) is 0 Å². The lowest BCUT2D eigenvalue weighted by Crippen LogP contribution is -2.43. The Labute approximate surface area is 110 Å². The van der Waals surface area contributed by atoms with Gasteiger partial charge in [0.2, 0.25) is 0 Å². The Kier molecular flexibility index (Phi) is 4.29. The molecule has 2 aliphatic rings. The molecule has 0 N–H and O–H groups in total. The summed E-state index contributed by atoms with van der Waals surface area (Å²) in [5.41, 5.74) is 0. The summed E-state index contributed by atoms with van der Waals surface area (Å²) in [6.45, 7) is 5.94. The third-order valence-electron chi connectivity index (χ3n) is 3.80. The van der Waals surface area contributed by atoms with E-state index in [1.165, 1.54) is 0 Å². The molecule has 2 rings (SSSR count). The summed E-state index contributed by atoms with van der Waals surface area (Å²) in [6.07, 6.45) is 5.79. The average Bonchev–Trinajstić information content (AvgIpc) is 2.83. The summed E-state index contributed by atoms with van der Waals surface area (Å²) < 4.78 is 18.2. The van der Waals surface area contributed by atoms with Crippen molar-refractivity contribution >= 4 is 0 Å². The predicted octanol–water partition coefficient (Wildman–Crippen LogP) is 0.515. The van der Waals surface area contributed by atoms with Crippen LogP contribution >= 0.6 is 0 Å². The van der Waals surface area contributed by atoms with Crippen LogP contribution in [0.25, 0.3) is 0 Å². The van der Waals surface area contributed by atoms with Crippen molar-refractivity contribution in [1.82, 2.24) is 0 Å². The van der Waals surface area contributed by atoms with Crippen LogP contribution in [0.2, 0.25) is 0 Å². The van der Waals surface area contributed by atoms with Gasteiger partial charge in [-0.05, 0) is 5.92 Å². The molecule has 4 nitrogen and oxygen atoms in total. The first-order valence-corrected chi connectivity index (χ1v) is 6.64. The van der Waals surface area contributed by atoms with E-state index in [0.717, 1.165) is 24.2 Å². The smallest absolute Gasteiger partial charge is 0.140 e. The summed E-state index contributed by atoms with van der Waals surface area (Å²) in [7, 11) is 4.23. The second-order valence-electron chi connectivity index (χ2n) is 6.00. The van der Waals surface area contributed by atoms with E-state index in [9.17, 15) is 0 Å². The Hall–Kier alpha value is -0.600. The van der Waals surface area contributed by atoms with Crippen LogP contribution < -0.4 is 0 Å². The summed E-state index contributed by atoms with van der Waals surface area (Å²) in [5.74, 6) is 3.18. The summed E-state index contributed by atoms with van der Waals surface area (Å²) >= 11 is 0. The molecule has 0 radical (unpaired) electrons. The fourth-order valence-electron chi connectivity index (χ4n) is 2.58. The van der Waals surface area contributed by atoms with Crippen molar-refractivity contribution in [2.45, 2.75) is 25.2 Å². The van der Waals surface area contributed by atoms with E-state index < -0.39 is 0 Å². The number of likely N-dealkylation sites (N-methyl/N-ethyl adjacent to an activating group) is 1. The molecule has 0 aromatic carbocycles. The molecule has 102 valence electrons. The zero-order valence-corrected chi connectivity index (χ0v) is 11.6. The van der Waals surface area contributed by atoms with Crippen molar-refractivity contribution in [3.8, 4) is 12.3 Å². The zero-order valence-electron chi connectivity index (χ0n) is 11.6. The first-order chi connectivity index (χ1) is 8.53. The highest BCUT2D eigenvalue weighted by atomic mass is 16.6. The van der Waals surface area contributed by atoms with Crippen LogP contribution in [0.1, 0.15) is 6.92 Å². The zero-order chi connectivity index (χ0) is 13.2. The van der Waals surface area contributed by atoms with Crippen molar-refractivity contribution < 1.29 is 18.7 Å². The number of quaternary nitrogens is 1. The van der Waals surface area contributed by atoms with Gasteiger partial charge in [0.25, 0.3) is 0 Å². The molecular weight excluding hydrogens is 230 g/mol. The number of rotatable bonds is 5. The maximum absolute atomic E-state index is 5.91. The van der Waals surface area contributed by atoms with Crippen molar-refractivity contribution in [2.24, 2.45) is 5.92 Å². The summed E-state index contributed by atoms with van der Waals surface area (Å²) in [4.78, 5) is 0. The summed E-state index contributed by atoms with van der Waals surface area (Å²) in [6, 6.07) is 0. The lowest BCUT2D eigenvalue weighted by atomic mass is 10.0. The highest BCUT2D eigenvalue weighted by Crippen LogP contribution is 2.32. The number of hydrogen-bond donors (Lipinski definition) is 0. The number of ether oxygens (including phenoxy) is 3. The van der Waals surface area contributed by atoms with Gasteiger partial charge in [-0.25, -0.2) is 0 Å². The highest BCUT2D eigenvalue weighted by Gasteiger charge is 2.46. The molecule has 0 amide bonds. The van der Waals surface area contributed by atoms with Gasteiger partial charge in [-0.1, -0.05) is 6.92 Å². The second kappa shape index (κ2) is 5.58. The average molecular weight is 254 g/mol. The van der Waals surface area contributed by atoms with Crippen molar-refractivity contribution in [1.29, 1.82) is 0 Å². The Bertz CT molecular complexity index is 323. The maximum Gasteiger partial charge on any atom is 0.140 e. The van der Waals surface area contributed by atoms with E-state index in [-0.39, 0.29) is 18.3 Å². The quantitative estimate of drug-likeness (QED) is 0.529. The highest BCUT2D eigenvalue weighted by molar-refractivity contribution is 4.93. The topological polar surface area (TPSA) is 27.7 Å². The fraction of sp³-hybridized carbons (Fsp3) is 0.857. The van der Waals surface area contributed by atoms with E-state index in [0.29, 0.717) is 19.1 Å². The van der Waals surface area contributed by atoms with Crippen LogP contribution in [0.4, 0.5) is 0 Å². The van der Waals surface area contributed by atoms with Crippen LogP contribution in [0.5, 0.6) is 0 Å². The number of hydrogen-bond acceptors (Lipinski definition) is 3. The standard InChI is InChI=1S/C14H24NO3/c1-5-6-15(3,4)7-8-16-12-10-18-13-11(2)9-17-14(12)13/h1,11-14H,6-10H2,2-4H3/q+1/t11-,12+,13-,14-/m1/s1. The van der Waals surface area contributed by atoms with Crippen molar-refractivity contribution in [3.05, 3.63) is 0 Å². The van der Waals surface area contributed by atoms with E-state index >= 15 is 0 Å².